The van der Waals surface area contributed by atoms with E-state index in [1.165, 1.54) is 0 Å². The van der Waals surface area contributed by atoms with Gasteiger partial charge in [-0.3, -0.25) is 0 Å². The second-order valence-electron chi connectivity index (χ2n) is 4.27. The van der Waals surface area contributed by atoms with Crippen LogP contribution in [-0.2, 0) is 6.42 Å². The van der Waals surface area contributed by atoms with Crippen molar-refractivity contribution < 1.29 is 17.9 Å². The Balaban J connectivity index is 1.75. The van der Waals surface area contributed by atoms with Gasteiger partial charge in [-0.2, -0.15) is 13.2 Å². The number of fused-ring (bicyclic) bond motifs is 1. The first-order valence-electron chi connectivity index (χ1n) is 5.66. The van der Waals surface area contributed by atoms with Gasteiger partial charge in [0, 0.05) is 24.0 Å². The third kappa shape index (κ3) is 3.88. The molecule has 1 heterocycles. The SMILES string of the molecule is FC(F)(F)CCNCC1Cc2cc(Br)ccc2O1. The molecule has 0 spiro atoms. The van der Waals surface area contributed by atoms with Crippen molar-refractivity contribution in [3.05, 3.63) is 28.2 Å². The Kier molecular flexibility index (Phi) is 4.17. The molecule has 1 N–H and O–H groups in total. The molecule has 0 aliphatic carbocycles. The van der Waals surface area contributed by atoms with Crippen LogP contribution in [0.5, 0.6) is 5.75 Å². The van der Waals surface area contributed by atoms with Crippen LogP contribution in [0.25, 0.3) is 0 Å². The number of nitrogens with one attached hydrogen (secondary N) is 1. The zero-order valence-electron chi connectivity index (χ0n) is 9.56. The van der Waals surface area contributed by atoms with Crippen LogP contribution in [0.15, 0.2) is 22.7 Å². The fraction of sp³-hybridized carbons (Fsp3) is 0.500. The molecule has 0 saturated heterocycles. The highest BCUT2D eigenvalue weighted by atomic mass is 79.9. The summed E-state index contributed by atoms with van der Waals surface area (Å²) in [6.45, 7) is 0.367. The lowest BCUT2D eigenvalue weighted by Gasteiger charge is -2.12. The van der Waals surface area contributed by atoms with Gasteiger partial charge in [-0.05, 0) is 23.8 Å². The molecule has 1 aromatic carbocycles. The van der Waals surface area contributed by atoms with Crippen LogP contribution >= 0.6 is 15.9 Å². The highest BCUT2D eigenvalue weighted by Gasteiger charge is 2.27. The Morgan fingerprint density at radius 1 is 1.39 bits per heavy atom. The van der Waals surface area contributed by atoms with Gasteiger partial charge in [0.15, 0.2) is 0 Å². The first kappa shape index (κ1) is 13.7. The van der Waals surface area contributed by atoms with Gasteiger partial charge in [-0.1, -0.05) is 15.9 Å². The largest absolute Gasteiger partial charge is 0.488 e. The lowest BCUT2D eigenvalue weighted by molar-refractivity contribution is -0.133. The Labute approximate surface area is 112 Å². The minimum Gasteiger partial charge on any atom is -0.488 e. The summed E-state index contributed by atoms with van der Waals surface area (Å²) in [5.41, 5.74) is 1.09. The zero-order valence-corrected chi connectivity index (χ0v) is 11.1. The molecule has 1 aromatic rings. The second kappa shape index (κ2) is 5.48. The first-order chi connectivity index (χ1) is 8.44. The smallest absolute Gasteiger partial charge is 0.390 e. The summed E-state index contributed by atoms with van der Waals surface area (Å²) in [4.78, 5) is 0. The molecular formula is C12H13BrF3NO. The van der Waals surface area contributed by atoms with Crippen molar-refractivity contribution in [3.63, 3.8) is 0 Å². The molecule has 6 heteroatoms. The fourth-order valence-corrected chi connectivity index (χ4v) is 2.30. The van der Waals surface area contributed by atoms with Crippen molar-refractivity contribution >= 4 is 15.9 Å². The predicted molar refractivity (Wildman–Crippen MR) is 65.8 cm³/mol. The normalized spacial score (nSPS) is 18.6. The van der Waals surface area contributed by atoms with Gasteiger partial charge in [0.05, 0.1) is 6.42 Å². The summed E-state index contributed by atoms with van der Waals surface area (Å²) in [6.07, 6.45) is -4.26. The average molecular weight is 324 g/mol. The van der Waals surface area contributed by atoms with E-state index in [4.69, 9.17) is 4.74 Å². The second-order valence-corrected chi connectivity index (χ2v) is 5.18. The van der Waals surface area contributed by atoms with Crippen molar-refractivity contribution in [2.75, 3.05) is 13.1 Å². The molecule has 18 heavy (non-hydrogen) atoms. The molecule has 0 amide bonds. The molecule has 0 fully saturated rings. The lowest BCUT2D eigenvalue weighted by Crippen LogP contribution is -2.32. The van der Waals surface area contributed by atoms with Gasteiger partial charge >= 0.3 is 6.18 Å². The molecule has 1 atom stereocenters. The van der Waals surface area contributed by atoms with Gasteiger partial charge < -0.3 is 10.1 Å². The molecule has 1 aliphatic rings. The molecule has 2 rings (SSSR count). The number of hydrogen-bond acceptors (Lipinski definition) is 2. The molecule has 100 valence electrons. The van der Waals surface area contributed by atoms with Crippen LogP contribution in [0, 0.1) is 0 Å². The Morgan fingerprint density at radius 3 is 2.89 bits per heavy atom. The maximum atomic E-state index is 11.9. The molecule has 1 unspecified atom stereocenters. The van der Waals surface area contributed by atoms with Gasteiger partial charge in [-0.15, -0.1) is 0 Å². The minimum absolute atomic E-state index is 0.0661. The van der Waals surface area contributed by atoms with E-state index in [0.717, 1.165) is 22.2 Å². The summed E-state index contributed by atoms with van der Waals surface area (Å²) in [6, 6.07) is 5.73. The van der Waals surface area contributed by atoms with Crippen molar-refractivity contribution in [2.24, 2.45) is 0 Å². The van der Waals surface area contributed by atoms with Crippen LogP contribution < -0.4 is 10.1 Å². The van der Waals surface area contributed by atoms with E-state index < -0.39 is 12.6 Å². The number of halogens is 4. The number of hydrogen-bond donors (Lipinski definition) is 1. The van der Waals surface area contributed by atoms with Crippen molar-refractivity contribution in [3.8, 4) is 5.75 Å². The lowest BCUT2D eigenvalue weighted by atomic mass is 10.1. The first-order valence-corrected chi connectivity index (χ1v) is 6.46. The molecule has 1 aliphatic heterocycles. The Hall–Kier alpha value is -0.750. The van der Waals surface area contributed by atoms with Crippen LogP contribution in [0.4, 0.5) is 13.2 Å². The predicted octanol–water partition coefficient (Wildman–Crippen LogP) is 3.29. The monoisotopic (exact) mass is 323 g/mol. The van der Waals surface area contributed by atoms with E-state index in [2.05, 4.69) is 21.2 Å². The molecule has 0 saturated carbocycles. The van der Waals surface area contributed by atoms with Crippen LogP contribution in [0.1, 0.15) is 12.0 Å². The van der Waals surface area contributed by atoms with E-state index in [0.29, 0.717) is 6.54 Å². The third-order valence-corrected chi connectivity index (χ3v) is 3.21. The Bertz CT molecular complexity index is 422. The molecule has 0 aromatic heterocycles. The van der Waals surface area contributed by atoms with E-state index in [1.807, 2.05) is 18.2 Å². The molecule has 0 bridgehead atoms. The molecule has 2 nitrogen and oxygen atoms in total. The maximum Gasteiger partial charge on any atom is 0.390 e. The summed E-state index contributed by atoms with van der Waals surface area (Å²) >= 11 is 3.37. The standard InChI is InChI=1S/C12H13BrF3NO/c13-9-1-2-11-8(5-9)6-10(18-11)7-17-4-3-12(14,15)16/h1-2,5,10,17H,3-4,6-7H2. The average Bonchev–Trinajstić information content (AvgIpc) is 2.65. The van der Waals surface area contributed by atoms with Crippen molar-refractivity contribution in [2.45, 2.75) is 25.1 Å². The summed E-state index contributed by atoms with van der Waals surface area (Å²) in [5, 5.41) is 2.78. The van der Waals surface area contributed by atoms with Gasteiger partial charge in [-0.25, -0.2) is 0 Å². The summed E-state index contributed by atoms with van der Waals surface area (Å²) < 4.78 is 42.4. The van der Waals surface area contributed by atoms with E-state index in [9.17, 15) is 13.2 Å². The quantitative estimate of drug-likeness (QED) is 0.858. The van der Waals surface area contributed by atoms with E-state index in [-0.39, 0.29) is 12.6 Å². The number of benzene rings is 1. The zero-order chi connectivity index (χ0) is 13.2. The van der Waals surface area contributed by atoms with Crippen LogP contribution in [-0.4, -0.2) is 25.4 Å². The maximum absolute atomic E-state index is 11.9. The van der Waals surface area contributed by atoms with Crippen molar-refractivity contribution in [1.82, 2.24) is 5.32 Å². The number of ether oxygens (including phenoxy) is 1. The summed E-state index contributed by atoms with van der Waals surface area (Å²) in [5.74, 6) is 0.820. The van der Waals surface area contributed by atoms with E-state index >= 15 is 0 Å². The van der Waals surface area contributed by atoms with Crippen LogP contribution in [0.2, 0.25) is 0 Å². The number of alkyl halides is 3. The highest BCUT2D eigenvalue weighted by molar-refractivity contribution is 9.10. The van der Waals surface area contributed by atoms with E-state index in [1.54, 1.807) is 0 Å². The summed E-state index contributed by atoms with van der Waals surface area (Å²) in [7, 11) is 0. The fourth-order valence-electron chi connectivity index (χ4n) is 1.90. The van der Waals surface area contributed by atoms with Gasteiger partial charge in [0.2, 0.25) is 0 Å². The van der Waals surface area contributed by atoms with Crippen molar-refractivity contribution in [1.29, 1.82) is 0 Å². The number of rotatable bonds is 4. The topological polar surface area (TPSA) is 21.3 Å². The minimum atomic E-state index is -4.10. The van der Waals surface area contributed by atoms with Gasteiger partial charge in [0.1, 0.15) is 11.9 Å². The molecule has 0 radical (unpaired) electrons. The highest BCUT2D eigenvalue weighted by Crippen LogP contribution is 2.30. The van der Waals surface area contributed by atoms with Gasteiger partial charge in [0.25, 0.3) is 0 Å². The third-order valence-electron chi connectivity index (χ3n) is 2.72. The Morgan fingerprint density at radius 2 is 2.17 bits per heavy atom. The van der Waals surface area contributed by atoms with Crippen LogP contribution in [0.3, 0.4) is 0 Å². The molecular weight excluding hydrogens is 311 g/mol.